The number of aryl methyl sites for hydroxylation is 2. The highest BCUT2D eigenvalue weighted by Gasteiger charge is 2.17. The Morgan fingerprint density at radius 3 is 2.50 bits per heavy atom. The zero-order valence-corrected chi connectivity index (χ0v) is 13.7. The van der Waals surface area contributed by atoms with Gasteiger partial charge in [0, 0.05) is 12.1 Å². The van der Waals surface area contributed by atoms with Crippen LogP contribution in [0, 0.1) is 13.8 Å². The molecule has 0 aromatic heterocycles. The van der Waals surface area contributed by atoms with Gasteiger partial charge in [0.05, 0.1) is 24.4 Å². The van der Waals surface area contributed by atoms with Crippen molar-refractivity contribution in [3.05, 3.63) is 41.5 Å². The van der Waals surface area contributed by atoms with E-state index in [1.165, 1.54) is 0 Å². The van der Waals surface area contributed by atoms with Gasteiger partial charge in [0.25, 0.3) is 0 Å². The second kappa shape index (κ2) is 6.70. The third-order valence-electron chi connectivity index (χ3n) is 3.61. The number of rotatable bonds is 5. The molecule has 0 saturated carbocycles. The van der Waals surface area contributed by atoms with Crippen LogP contribution in [0.25, 0.3) is 0 Å². The molecule has 3 rings (SSSR count). The first-order valence-electron chi connectivity index (χ1n) is 7.71. The van der Waals surface area contributed by atoms with Gasteiger partial charge in [0.1, 0.15) is 5.75 Å². The van der Waals surface area contributed by atoms with Crippen LogP contribution < -0.4 is 25.3 Å². The average molecular weight is 328 g/mol. The maximum Gasteiger partial charge on any atom is 0.231 e. The second-order valence-electron chi connectivity index (χ2n) is 5.76. The fourth-order valence-electron chi connectivity index (χ4n) is 2.56. The van der Waals surface area contributed by atoms with Crippen molar-refractivity contribution in [1.82, 2.24) is 0 Å². The molecule has 2 aromatic carbocycles. The first kappa shape index (κ1) is 16.0. The predicted molar refractivity (Wildman–Crippen MR) is 91.6 cm³/mol. The smallest absolute Gasteiger partial charge is 0.231 e. The summed E-state index contributed by atoms with van der Waals surface area (Å²) in [5, 5.41) is 2.77. The molecule has 1 amide bonds. The van der Waals surface area contributed by atoms with Crippen LogP contribution in [0.5, 0.6) is 17.2 Å². The molecule has 0 atom stereocenters. The number of nitrogens with two attached hydrogens (primary N) is 1. The molecule has 1 heterocycles. The van der Waals surface area contributed by atoms with Crippen molar-refractivity contribution in [1.29, 1.82) is 0 Å². The van der Waals surface area contributed by atoms with Crippen LogP contribution >= 0.6 is 0 Å². The Labute approximate surface area is 140 Å². The van der Waals surface area contributed by atoms with Gasteiger partial charge < -0.3 is 25.3 Å². The van der Waals surface area contributed by atoms with E-state index in [2.05, 4.69) is 11.4 Å². The molecular weight excluding hydrogens is 308 g/mol. The standard InChI is InChI=1S/C18H20N2O4/c1-11-5-12(2)7-13(6-11)22-4-3-18(21)20-15-9-17-16(8-14(15)19)23-10-24-17/h5-9H,3-4,10,19H2,1-2H3,(H,20,21). The molecule has 24 heavy (non-hydrogen) atoms. The van der Waals surface area contributed by atoms with Crippen LogP contribution in [-0.2, 0) is 4.79 Å². The van der Waals surface area contributed by atoms with Crippen molar-refractivity contribution in [3.63, 3.8) is 0 Å². The topological polar surface area (TPSA) is 82.8 Å². The van der Waals surface area contributed by atoms with Crippen molar-refractivity contribution >= 4 is 17.3 Å². The molecule has 0 bridgehead atoms. The van der Waals surface area contributed by atoms with Crippen molar-refractivity contribution in [2.75, 3.05) is 24.5 Å². The maximum absolute atomic E-state index is 12.1. The number of hydrogen-bond acceptors (Lipinski definition) is 5. The molecule has 0 aliphatic carbocycles. The van der Waals surface area contributed by atoms with Crippen LogP contribution in [0.15, 0.2) is 30.3 Å². The zero-order valence-electron chi connectivity index (χ0n) is 13.7. The van der Waals surface area contributed by atoms with E-state index in [0.29, 0.717) is 29.5 Å². The first-order chi connectivity index (χ1) is 11.5. The zero-order chi connectivity index (χ0) is 17.1. The van der Waals surface area contributed by atoms with Crippen molar-refractivity contribution in [3.8, 4) is 17.2 Å². The predicted octanol–water partition coefficient (Wildman–Crippen LogP) is 3.02. The van der Waals surface area contributed by atoms with Crippen LogP contribution in [0.3, 0.4) is 0 Å². The van der Waals surface area contributed by atoms with E-state index in [0.717, 1.165) is 16.9 Å². The van der Waals surface area contributed by atoms with Gasteiger partial charge in [-0.3, -0.25) is 4.79 Å². The Morgan fingerprint density at radius 2 is 1.79 bits per heavy atom. The number of carbonyl (C=O) groups is 1. The number of benzene rings is 2. The average Bonchev–Trinajstić information content (AvgIpc) is 2.93. The molecule has 0 fully saturated rings. The lowest BCUT2D eigenvalue weighted by molar-refractivity contribution is -0.116. The Balaban J connectivity index is 1.54. The van der Waals surface area contributed by atoms with E-state index < -0.39 is 0 Å². The van der Waals surface area contributed by atoms with Gasteiger partial charge in [-0.2, -0.15) is 0 Å². The minimum absolute atomic E-state index is 0.163. The molecule has 6 heteroatoms. The summed E-state index contributed by atoms with van der Waals surface area (Å²) in [6.45, 7) is 4.47. The number of hydrogen-bond donors (Lipinski definition) is 2. The minimum atomic E-state index is -0.176. The molecule has 0 radical (unpaired) electrons. The summed E-state index contributed by atoms with van der Waals surface area (Å²) >= 11 is 0. The number of amides is 1. The van der Waals surface area contributed by atoms with Gasteiger partial charge >= 0.3 is 0 Å². The summed E-state index contributed by atoms with van der Waals surface area (Å²) in [7, 11) is 0. The normalized spacial score (nSPS) is 12.1. The summed E-state index contributed by atoms with van der Waals surface area (Å²) in [6.07, 6.45) is 0.223. The Bertz CT molecular complexity index is 754. The van der Waals surface area contributed by atoms with Crippen molar-refractivity contribution < 1.29 is 19.0 Å². The number of ether oxygens (including phenoxy) is 3. The summed E-state index contributed by atoms with van der Waals surface area (Å²) in [5.74, 6) is 1.75. The van der Waals surface area contributed by atoms with Gasteiger partial charge in [-0.1, -0.05) is 6.07 Å². The fourth-order valence-corrected chi connectivity index (χ4v) is 2.56. The minimum Gasteiger partial charge on any atom is -0.493 e. The lowest BCUT2D eigenvalue weighted by Gasteiger charge is -2.11. The molecule has 6 nitrogen and oxygen atoms in total. The maximum atomic E-state index is 12.1. The number of anilines is 2. The Morgan fingerprint density at radius 1 is 1.12 bits per heavy atom. The number of nitrogen functional groups attached to an aromatic ring is 1. The summed E-state index contributed by atoms with van der Waals surface area (Å²) in [4.78, 5) is 12.1. The van der Waals surface area contributed by atoms with E-state index in [1.807, 2.05) is 26.0 Å². The molecule has 1 aliphatic heterocycles. The van der Waals surface area contributed by atoms with E-state index >= 15 is 0 Å². The van der Waals surface area contributed by atoms with Gasteiger partial charge in [-0.15, -0.1) is 0 Å². The SMILES string of the molecule is Cc1cc(C)cc(OCCC(=O)Nc2cc3c(cc2N)OCO3)c1. The third kappa shape index (κ3) is 3.71. The van der Waals surface area contributed by atoms with E-state index in [9.17, 15) is 4.79 Å². The van der Waals surface area contributed by atoms with Crippen LogP contribution in [0.1, 0.15) is 17.5 Å². The van der Waals surface area contributed by atoms with E-state index in [1.54, 1.807) is 12.1 Å². The molecule has 2 aromatic rings. The molecule has 0 unspecified atom stereocenters. The first-order valence-corrected chi connectivity index (χ1v) is 7.71. The summed E-state index contributed by atoms with van der Waals surface area (Å²) in [5.41, 5.74) is 9.11. The highest BCUT2D eigenvalue weighted by atomic mass is 16.7. The molecule has 0 spiro atoms. The third-order valence-corrected chi connectivity index (χ3v) is 3.61. The molecular formula is C18H20N2O4. The van der Waals surface area contributed by atoms with E-state index in [4.69, 9.17) is 19.9 Å². The van der Waals surface area contributed by atoms with Gasteiger partial charge in [-0.25, -0.2) is 0 Å². The van der Waals surface area contributed by atoms with E-state index in [-0.39, 0.29) is 19.1 Å². The summed E-state index contributed by atoms with van der Waals surface area (Å²) in [6, 6.07) is 9.27. The molecule has 3 N–H and O–H groups in total. The number of fused-ring (bicyclic) bond motifs is 1. The molecule has 0 saturated heterocycles. The fraction of sp³-hybridized carbons (Fsp3) is 0.278. The van der Waals surface area contributed by atoms with Crippen LogP contribution in [0.2, 0.25) is 0 Å². The van der Waals surface area contributed by atoms with Crippen molar-refractivity contribution in [2.45, 2.75) is 20.3 Å². The van der Waals surface area contributed by atoms with Crippen molar-refractivity contribution in [2.24, 2.45) is 0 Å². The largest absolute Gasteiger partial charge is 0.493 e. The highest BCUT2D eigenvalue weighted by molar-refractivity contribution is 5.94. The highest BCUT2D eigenvalue weighted by Crippen LogP contribution is 2.38. The number of nitrogens with one attached hydrogen (secondary N) is 1. The monoisotopic (exact) mass is 328 g/mol. The van der Waals surface area contributed by atoms with Crippen LogP contribution in [0.4, 0.5) is 11.4 Å². The Hall–Kier alpha value is -2.89. The number of carbonyl (C=O) groups excluding carboxylic acids is 1. The second-order valence-corrected chi connectivity index (χ2v) is 5.76. The lowest BCUT2D eigenvalue weighted by Crippen LogP contribution is -2.16. The lowest BCUT2D eigenvalue weighted by atomic mass is 10.1. The van der Waals surface area contributed by atoms with Crippen LogP contribution in [-0.4, -0.2) is 19.3 Å². The molecule has 126 valence electrons. The summed E-state index contributed by atoms with van der Waals surface area (Å²) < 4.78 is 16.2. The Kier molecular flexibility index (Phi) is 4.46. The van der Waals surface area contributed by atoms with Gasteiger partial charge in [0.2, 0.25) is 12.7 Å². The van der Waals surface area contributed by atoms with Gasteiger partial charge in [-0.05, 0) is 37.1 Å². The quantitative estimate of drug-likeness (QED) is 0.824. The van der Waals surface area contributed by atoms with Gasteiger partial charge in [0.15, 0.2) is 11.5 Å². The molecule has 1 aliphatic rings.